The maximum absolute atomic E-state index is 13.3. The van der Waals surface area contributed by atoms with E-state index < -0.39 is 11.2 Å². The lowest BCUT2D eigenvalue weighted by molar-refractivity contribution is 0.0746. The molecule has 2 nitrogen and oxygen atoms in total. The van der Waals surface area contributed by atoms with Crippen LogP contribution in [0.1, 0.15) is 133 Å². The summed E-state index contributed by atoms with van der Waals surface area (Å²) in [6.45, 7) is 18.5. The third-order valence-electron chi connectivity index (χ3n) is 22.2. The summed E-state index contributed by atoms with van der Waals surface area (Å²) in [5, 5.41) is 31.7. The molecule has 0 fully saturated rings. The van der Waals surface area contributed by atoms with Crippen LogP contribution in [-0.4, -0.2) is 10.2 Å². The van der Waals surface area contributed by atoms with Crippen molar-refractivity contribution >= 4 is 53.4 Å². The Morgan fingerprint density at radius 1 is 0.228 bits per heavy atom. The van der Waals surface area contributed by atoms with Crippen molar-refractivity contribution in [3.05, 3.63) is 342 Å². The molecule has 0 saturated heterocycles. The van der Waals surface area contributed by atoms with Crippen molar-refractivity contribution < 1.29 is 10.2 Å². The van der Waals surface area contributed by atoms with Gasteiger partial charge in [-0.25, -0.2) is 0 Å². The first kappa shape index (κ1) is 57.2. The number of hydrogen-bond donors (Lipinski definition) is 2. The highest BCUT2D eigenvalue weighted by Crippen LogP contribution is 2.59. The molecule has 0 heterocycles. The quantitative estimate of drug-likeness (QED) is 0.172. The second kappa shape index (κ2) is 19.9. The Morgan fingerprint density at radius 2 is 0.522 bits per heavy atom. The molecule has 0 aromatic heterocycles. The van der Waals surface area contributed by atoms with Gasteiger partial charge in [0.05, 0.1) is 0 Å². The molecule has 0 radical (unpaired) electrons. The van der Waals surface area contributed by atoms with Crippen LogP contribution >= 0.6 is 31.9 Å². The number of halogens is 2. The largest absolute Gasteiger partial charge is 0.376 e. The molecule has 0 amide bonds. The zero-order valence-electron chi connectivity index (χ0n) is 52.9. The molecule has 92 heavy (non-hydrogen) atoms. The van der Waals surface area contributed by atoms with Gasteiger partial charge in [-0.2, -0.15) is 0 Å². The minimum atomic E-state index is -1.51. The summed E-state index contributed by atoms with van der Waals surface area (Å²) in [6, 6.07) is 91.8. The van der Waals surface area contributed by atoms with Crippen LogP contribution in [0.25, 0.3) is 88.3 Å². The smallest absolute Gasteiger partial charge is 0.141 e. The highest BCUT2D eigenvalue weighted by atomic mass is 79.9. The SMILES string of the molecule is CC1(C)c2ccccc2-c2ccc(-c3c4ccccc4c(-c4ccc5c(c4)C(C)(C)c4ccccc4-5)c4cc(Br)ccc34)cc21.CC1(C)c2ccccc2-c2ccc(C3(O)c4ccccc4C(O)(c4ccc5c(c4)C(C)(C)c4ccccc4-5)c4cc(Br)ccc43)cc21. The van der Waals surface area contributed by atoms with Crippen LogP contribution in [0.3, 0.4) is 0 Å². The van der Waals surface area contributed by atoms with E-state index in [1.165, 1.54) is 133 Å². The van der Waals surface area contributed by atoms with Gasteiger partial charge in [0.15, 0.2) is 0 Å². The Kier molecular flexibility index (Phi) is 12.4. The summed E-state index contributed by atoms with van der Waals surface area (Å²) < 4.78 is 1.94. The van der Waals surface area contributed by atoms with Gasteiger partial charge in [-0.1, -0.05) is 306 Å². The number of fused-ring (bicyclic) bond motifs is 16. The van der Waals surface area contributed by atoms with E-state index in [-0.39, 0.29) is 21.7 Å². The molecule has 5 aliphatic carbocycles. The summed E-state index contributed by atoms with van der Waals surface area (Å²) in [5.74, 6) is 0. The van der Waals surface area contributed by atoms with Gasteiger partial charge in [0, 0.05) is 36.2 Å². The van der Waals surface area contributed by atoms with Crippen LogP contribution in [-0.2, 0) is 32.9 Å². The predicted molar refractivity (Wildman–Crippen MR) is 388 cm³/mol. The van der Waals surface area contributed by atoms with Gasteiger partial charge < -0.3 is 10.2 Å². The third kappa shape index (κ3) is 7.79. The van der Waals surface area contributed by atoms with Gasteiger partial charge in [0.1, 0.15) is 11.2 Å². The lowest BCUT2D eigenvalue weighted by Crippen LogP contribution is -2.44. The van der Waals surface area contributed by atoms with Gasteiger partial charge in [0.25, 0.3) is 0 Å². The predicted octanol–water partition coefficient (Wildman–Crippen LogP) is 22.6. The average molecular weight is 1320 g/mol. The first-order valence-electron chi connectivity index (χ1n) is 32.2. The van der Waals surface area contributed by atoms with Crippen molar-refractivity contribution in [1.82, 2.24) is 0 Å². The highest BCUT2D eigenvalue weighted by molar-refractivity contribution is 9.10. The van der Waals surface area contributed by atoms with Gasteiger partial charge >= 0.3 is 0 Å². The van der Waals surface area contributed by atoms with Crippen LogP contribution in [0.4, 0.5) is 0 Å². The minimum absolute atomic E-state index is 0.0503. The van der Waals surface area contributed by atoms with E-state index in [1.807, 2.05) is 42.5 Å². The van der Waals surface area contributed by atoms with Crippen LogP contribution in [0.15, 0.2) is 264 Å². The lowest BCUT2D eigenvalue weighted by atomic mass is 9.63. The van der Waals surface area contributed by atoms with Crippen molar-refractivity contribution in [3.8, 4) is 66.8 Å². The van der Waals surface area contributed by atoms with E-state index in [0.29, 0.717) is 22.3 Å². The van der Waals surface area contributed by atoms with E-state index in [0.717, 1.165) is 20.1 Å². The fraction of sp³-hybridized carbons (Fsp3) is 0.159. The van der Waals surface area contributed by atoms with Crippen LogP contribution < -0.4 is 0 Å². The molecule has 2 unspecified atom stereocenters. The summed E-state index contributed by atoms with van der Waals surface area (Å²) in [4.78, 5) is 0. The van der Waals surface area contributed by atoms with Crippen molar-refractivity contribution in [2.45, 2.75) is 88.3 Å². The van der Waals surface area contributed by atoms with E-state index in [9.17, 15) is 10.2 Å². The summed E-state index contributed by atoms with van der Waals surface area (Å²) >= 11 is 7.56. The Balaban J connectivity index is 0.000000141. The van der Waals surface area contributed by atoms with Crippen LogP contribution in [0.2, 0.25) is 0 Å². The van der Waals surface area contributed by atoms with E-state index >= 15 is 0 Å². The van der Waals surface area contributed by atoms with Crippen LogP contribution in [0.5, 0.6) is 0 Å². The van der Waals surface area contributed by atoms with Gasteiger partial charge in [-0.15, -0.1) is 0 Å². The summed E-state index contributed by atoms with van der Waals surface area (Å²) in [6.07, 6.45) is 0. The molecular formula is C88H68Br2O2. The molecule has 18 rings (SSSR count). The Hall–Kier alpha value is -8.74. The molecule has 4 heteroatoms. The fourth-order valence-corrected chi connectivity index (χ4v) is 18.2. The standard InChI is InChI=1S/C44H35BrO2.C44H33Br/c1-41(2)33-13-7-5-11-29(33)31-20-17-26(23-38(31)41)43(46)35-15-9-10-16-36(35)44(47,40-25-28(45)19-22-37(40)43)27-18-21-32-30-12-6-8-14-34(30)42(3,4)39(32)24-27;1-43(2)37-15-9-7-11-29(37)31-20-17-26(23-39(31)43)41-33-13-5-6-14-34(33)42(36-25-28(45)19-22-35(36)41)27-18-21-32-30-12-8-10-16-38(30)44(3,4)40(32)24-27/h5-25,46-47H,1-4H3;5-25H,1-4H3. The van der Waals surface area contributed by atoms with Gasteiger partial charge in [-0.05, 0) is 197 Å². The second-order valence-corrected chi connectivity index (χ2v) is 30.2. The van der Waals surface area contributed by atoms with Crippen molar-refractivity contribution in [2.24, 2.45) is 0 Å². The molecule has 0 bridgehead atoms. The molecule has 0 saturated carbocycles. The summed E-state index contributed by atoms with van der Waals surface area (Å²) in [5.41, 5.74) is 26.8. The number of hydrogen-bond acceptors (Lipinski definition) is 2. The molecule has 2 N–H and O–H groups in total. The molecule has 13 aromatic rings. The normalized spacial score (nSPS) is 18.7. The molecule has 446 valence electrons. The minimum Gasteiger partial charge on any atom is -0.376 e. The molecule has 2 atom stereocenters. The first-order valence-corrected chi connectivity index (χ1v) is 33.8. The van der Waals surface area contributed by atoms with E-state index in [2.05, 4.69) is 300 Å². The highest BCUT2D eigenvalue weighted by Gasteiger charge is 2.52. The maximum Gasteiger partial charge on any atom is 0.141 e. The Labute approximate surface area is 556 Å². The second-order valence-electron chi connectivity index (χ2n) is 28.4. The van der Waals surface area contributed by atoms with Crippen molar-refractivity contribution in [2.75, 3.05) is 0 Å². The van der Waals surface area contributed by atoms with Gasteiger partial charge in [0.2, 0.25) is 0 Å². The third-order valence-corrected chi connectivity index (χ3v) is 23.2. The topological polar surface area (TPSA) is 40.5 Å². The van der Waals surface area contributed by atoms with Gasteiger partial charge in [-0.3, -0.25) is 0 Å². The number of rotatable bonds is 4. The average Bonchev–Trinajstić information content (AvgIpc) is 0.805. The maximum atomic E-state index is 13.3. The molecule has 5 aliphatic rings. The van der Waals surface area contributed by atoms with E-state index in [4.69, 9.17) is 0 Å². The molecule has 0 spiro atoms. The van der Waals surface area contributed by atoms with Crippen molar-refractivity contribution in [1.29, 1.82) is 0 Å². The zero-order chi connectivity index (χ0) is 63.2. The molecule has 13 aromatic carbocycles. The Bertz CT molecular complexity index is 5370. The molecular weight excluding hydrogens is 1250 g/mol. The lowest BCUT2D eigenvalue weighted by Gasteiger charge is -2.45. The number of aliphatic hydroxyl groups is 2. The molecule has 0 aliphatic heterocycles. The Morgan fingerprint density at radius 3 is 0.946 bits per heavy atom. The van der Waals surface area contributed by atoms with Crippen molar-refractivity contribution in [3.63, 3.8) is 0 Å². The summed E-state index contributed by atoms with van der Waals surface area (Å²) in [7, 11) is 0. The monoisotopic (exact) mass is 1310 g/mol. The number of benzene rings is 13. The fourth-order valence-electron chi connectivity index (χ4n) is 17.5. The van der Waals surface area contributed by atoms with E-state index in [1.54, 1.807) is 0 Å². The zero-order valence-corrected chi connectivity index (χ0v) is 56.1. The first-order chi connectivity index (χ1) is 44.2. The van der Waals surface area contributed by atoms with Crippen LogP contribution in [0, 0.1) is 0 Å².